The average Bonchev–Trinajstić information content (AvgIpc) is 3.24. The third kappa shape index (κ3) is 4.18. The zero-order chi connectivity index (χ0) is 31.6. The van der Waals surface area contributed by atoms with Crippen molar-refractivity contribution in [3.63, 3.8) is 0 Å². The first kappa shape index (κ1) is 29.5. The Balaban J connectivity index is 1.88. The number of anilines is 1. The first-order chi connectivity index (χ1) is 19.8. The molecule has 3 aliphatic heterocycles. The van der Waals surface area contributed by atoms with E-state index in [0.717, 1.165) is 0 Å². The zero-order valence-electron chi connectivity index (χ0n) is 24.7. The van der Waals surface area contributed by atoms with Crippen LogP contribution in [0.15, 0.2) is 51.2 Å². The van der Waals surface area contributed by atoms with Gasteiger partial charge in [0.25, 0.3) is 20.2 Å². The Bertz CT molecular complexity index is 2130. The second kappa shape index (κ2) is 8.98. The first-order valence-electron chi connectivity index (χ1n) is 13.8. The number of Topliss-reactive ketones (excluding diaryl/α,β-unsaturated/α-hetero) is 1. The van der Waals surface area contributed by atoms with Crippen molar-refractivity contribution in [3.05, 3.63) is 74.8 Å². The number of rotatable bonds is 4. The minimum absolute atomic E-state index is 0.0379. The molecule has 3 aromatic rings. The Morgan fingerprint density at radius 2 is 1.49 bits per heavy atom. The monoisotopic (exact) mass is 624 g/mol. The number of fused-ring (bicyclic) bond motifs is 4. The normalized spacial score (nSPS) is 21.1. The van der Waals surface area contributed by atoms with Crippen LogP contribution in [0.1, 0.15) is 81.1 Å². The smallest absolute Gasteiger partial charge is 0.300 e. The van der Waals surface area contributed by atoms with Crippen molar-refractivity contribution in [2.24, 2.45) is 4.99 Å². The van der Waals surface area contributed by atoms with E-state index in [9.17, 15) is 30.7 Å². The summed E-state index contributed by atoms with van der Waals surface area (Å²) in [6, 6.07) is 9.62. The summed E-state index contributed by atoms with van der Waals surface area (Å²) in [4.78, 5) is 15.5. The van der Waals surface area contributed by atoms with Crippen LogP contribution in [0.4, 0.5) is 5.69 Å². The number of ether oxygens (including phenoxy) is 1. The topological polar surface area (TPSA) is 159 Å². The van der Waals surface area contributed by atoms with Gasteiger partial charge >= 0.3 is 0 Å². The third-order valence-corrected chi connectivity index (χ3v) is 11.3. The highest BCUT2D eigenvalue weighted by molar-refractivity contribution is 7.86. The fraction of sp³-hybridized carbons (Fsp3) is 0.355. The van der Waals surface area contributed by atoms with Crippen molar-refractivity contribution < 1.29 is 35.5 Å². The second-order valence-electron chi connectivity index (χ2n) is 12.7. The van der Waals surface area contributed by atoms with Crippen LogP contribution in [-0.4, -0.2) is 43.8 Å². The molecule has 6 rings (SSSR count). The molecular weight excluding hydrogens is 592 g/mol. The zero-order valence-corrected chi connectivity index (χ0v) is 26.4. The minimum atomic E-state index is -4.96. The molecule has 12 heteroatoms. The van der Waals surface area contributed by atoms with Gasteiger partial charge < -0.3 is 10.1 Å². The fourth-order valence-corrected chi connectivity index (χ4v) is 7.85. The highest BCUT2D eigenvalue weighted by Crippen LogP contribution is 2.52. The second-order valence-corrected chi connectivity index (χ2v) is 15.4. The summed E-state index contributed by atoms with van der Waals surface area (Å²) in [6.45, 7) is 12.9. The van der Waals surface area contributed by atoms with E-state index in [1.54, 1.807) is 36.4 Å². The van der Waals surface area contributed by atoms with Crippen LogP contribution < -0.4 is 20.6 Å². The number of benzene rings is 3. The van der Waals surface area contributed by atoms with Crippen LogP contribution in [0.25, 0.3) is 5.57 Å². The fourth-order valence-electron chi connectivity index (χ4n) is 6.24. The quantitative estimate of drug-likeness (QED) is 0.224. The predicted octanol–water partition coefficient (Wildman–Crippen LogP) is 4.13. The number of hydrogen-bond donors (Lipinski definition) is 3. The molecule has 43 heavy (non-hydrogen) atoms. The van der Waals surface area contributed by atoms with Crippen molar-refractivity contribution in [2.45, 2.75) is 81.2 Å². The molecule has 0 unspecified atom stereocenters. The lowest BCUT2D eigenvalue weighted by molar-refractivity contribution is 0.101. The molecule has 0 saturated heterocycles. The highest BCUT2D eigenvalue weighted by Gasteiger charge is 2.45. The summed E-state index contributed by atoms with van der Waals surface area (Å²) >= 11 is 0. The molecule has 3 N–H and O–H groups in total. The number of carbonyl (C=O) groups is 1. The predicted molar refractivity (Wildman–Crippen MR) is 160 cm³/mol. The molecule has 0 bridgehead atoms. The summed E-state index contributed by atoms with van der Waals surface area (Å²) < 4.78 is 79.5. The molecule has 0 radical (unpaired) electrons. The summed E-state index contributed by atoms with van der Waals surface area (Å²) in [7, 11) is -9.90. The third-order valence-electron chi connectivity index (χ3n) is 9.48. The molecule has 0 amide bonds. The van der Waals surface area contributed by atoms with E-state index in [0.29, 0.717) is 38.6 Å². The van der Waals surface area contributed by atoms with E-state index < -0.39 is 40.9 Å². The van der Waals surface area contributed by atoms with Crippen molar-refractivity contribution in [3.8, 4) is 11.5 Å². The summed E-state index contributed by atoms with van der Waals surface area (Å²) in [5.74, 6) is -0.739. The summed E-state index contributed by atoms with van der Waals surface area (Å²) in [5, 5.41) is 3.50. The number of nitrogens with zero attached hydrogens (tertiary/aromatic N) is 1. The molecule has 3 heterocycles. The molecule has 2 atom stereocenters. The largest absolute Gasteiger partial charge is 0.453 e. The molecular formula is C31H32N2O8S2. The summed E-state index contributed by atoms with van der Waals surface area (Å²) in [5.41, 5.74) is 1.87. The molecule has 226 valence electrons. The maximum Gasteiger partial charge on any atom is 0.300 e. The highest BCUT2D eigenvalue weighted by atomic mass is 32.2. The SMILES string of the molecule is CC(=O)c1ccc(C2=c3cc4c(c(S(=O)(=O)O)c3Oc3c2cc2c(c3S(=O)(=O)O)N[C@H](C)C2(C)C)=N[C@@H](C)C4(C)C)cc1. The van der Waals surface area contributed by atoms with Gasteiger partial charge in [0.1, 0.15) is 0 Å². The number of nitrogens with one attached hydrogen (secondary N) is 1. The first-order valence-corrected chi connectivity index (χ1v) is 16.7. The van der Waals surface area contributed by atoms with Gasteiger partial charge in [0, 0.05) is 38.8 Å². The standard InChI is InChI=1S/C31H32N2O8S2/c1-14(34)17-8-10-18(11-9-17)23-19-12-21-24(32-15(2)30(21,4)5)28(42(35,36)37)26(19)41-27-20(23)13-22-25(29(27)43(38,39)40)33-16(3)31(22,6)7/h8-13,15-16,32H,1-7H3,(H,35,36,37)(H,38,39,40)/t15-,16+/m1/s1. The van der Waals surface area contributed by atoms with Crippen molar-refractivity contribution in [1.29, 1.82) is 0 Å². The average molecular weight is 625 g/mol. The number of hydrogen-bond acceptors (Lipinski definition) is 8. The van der Waals surface area contributed by atoms with Gasteiger partial charge in [0.15, 0.2) is 27.1 Å². The Hall–Kier alpha value is -3.58. The van der Waals surface area contributed by atoms with Crippen molar-refractivity contribution in [2.75, 3.05) is 5.32 Å². The van der Waals surface area contributed by atoms with Gasteiger partial charge in [0.2, 0.25) is 0 Å². The maximum absolute atomic E-state index is 13.1. The Kier molecular flexibility index (Phi) is 6.16. The van der Waals surface area contributed by atoms with Crippen LogP contribution >= 0.6 is 0 Å². The Morgan fingerprint density at radius 3 is 2.05 bits per heavy atom. The van der Waals surface area contributed by atoms with E-state index in [-0.39, 0.29) is 40.4 Å². The van der Waals surface area contributed by atoms with Crippen molar-refractivity contribution in [1.82, 2.24) is 0 Å². The van der Waals surface area contributed by atoms with E-state index in [2.05, 4.69) is 10.3 Å². The van der Waals surface area contributed by atoms with Gasteiger partial charge in [0.05, 0.1) is 17.1 Å². The molecule has 0 aliphatic carbocycles. The lowest BCUT2D eigenvalue weighted by Crippen LogP contribution is -2.33. The number of ketones is 1. The van der Waals surface area contributed by atoms with Crippen LogP contribution in [0.5, 0.6) is 11.5 Å². The molecule has 0 spiro atoms. The van der Waals surface area contributed by atoms with E-state index in [4.69, 9.17) is 4.74 Å². The molecule has 0 saturated carbocycles. The van der Waals surface area contributed by atoms with Gasteiger partial charge in [-0.25, -0.2) is 0 Å². The van der Waals surface area contributed by atoms with Gasteiger partial charge in [-0.2, -0.15) is 16.8 Å². The number of carbonyl (C=O) groups excluding carboxylic acids is 1. The van der Waals surface area contributed by atoms with E-state index in [1.807, 2.05) is 41.5 Å². The Morgan fingerprint density at radius 1 is 0.884 bits per heavy atom. The minimum Gasteiger partial charge on any atom is -0.453 e. The molecule has 3 aliphatic rings. The van der Waals surface area contributed by atoms with Gasteiger partial charge in [-0.1, -0.05) is 52.0 Å². The van der Waals surface area contributed by atoms with Crippen molar-refractivity contribution >= 4 is 37.3 Å². The van der Waals surface area contributed by atoms with Gasteiger partial charge in [-0.05, 0) is 49.6 Å². The van der Waals surface area contributed by atoms with Crippen LogP contribution in [0.3, 0.4) is 0 Å². The van der Waals surface area contributed by atoms with E-state index in [1.165, 1.54) is 6.92 Å². The molecule has 10 nitrogen and oxygen atoms in total. The van der Waals surface area contributed by atoms with Crippen LogP contribution in [-0.2, 0) is 31.1 Å². The molecule has 0 aromatic heterocycles. The molecule has 0 fully saturated rings. The summed E-state index contributed by atoms with van der Waals surface area (Å²) in [6.07, 6.45) is 0. The van der Waals surface area contributed by atoms with Crippen LogP contribution in [0.2, 0.25) is 0 Å². The van der Waals surface area contributed by atoms with Gasteiger partial charge in [-0.15, -0.1) is 0 Å². The maximum atomic E-state index is 13.1. The van der Waals surface area contributed by atoms with Crippen LogP contribution in [0, 0.1) is 0 Å². The molecule has 3 aromatic carbocycles. The lowest BCUT2D eigenvalue weighted by Gasteiger charge is -2.29. The van der Waals surface area contributed by atoms with Gasteiger partial charge in [-0.3, -0.25) is 18.9 Å². The Labute approximate surface area is 250 Å². The van der Waals surface area contributed by atoms with E-state index >= 15 is 0 Å². The lowest BCUT2D eigenvalue weighted by atomic mass is 9.78.